The molecule has 1 aliphatic carbocycles. The van der Waals surface area contributed by atoms with Gasteiger partial charge in [-0.15, -0.1) is 0 Å². The van der Waals surface area contributed by atoms with E-state index in [2.05, 4.69) is 39.5 Å². The Bertz CT molecular complexity index is 855. The van der Waals surface area contributed by atoms with Crippen molar-refractivity contribution in [3.63, 3.8) is 0 Å². The second-order valence-corrected chi connectivity index (χ2v) is 8.95. The van der Waals surface area contributed by atoms with E-state index in [4.69, 9.17) is 4.98 Å². The normalized spacial score (nSPS) is 27.0. The van der Waals surface area contributed by atoms with E-state index >= 15 is 0 Å². The molecule has 5 nitrogen and oxygen atoms in total. The number of carbonyl (C=O) groups excluding carboxylic acids is 1. The quantitative estimate of drug-likeness (QED) is 0.834. The fourth-order valence-corrected chi connectivity index (χ4v) is 5.38. The van der Waals surface area contributed by atoms with Crippen molar-refractivity contribution < 1.29 is 4.79 Å². The summed E-state index contributed by atoms with van der Waals surface area (Å²) in [6.07, 6.45) is 9.30. The van der Waals surface area contributed by atoms with Gasteiger partial charge in [0.2, 0.25) is 5.91 Å². The van der Waals surface area contributed by atoms with Crippen molar-refractivity contribution >= 4 is 11.4 Å². The van der Waals surface area contributed by atoms with E-state index in [9.17, 15) is 4.79 Å². The predicted molar refractivity (Wildman–Crippen MR) is 105 cm³/mol. The smallest absolute Gasteiger partial charge is 0.230 e. The molecule has 0 N–H and O–H groups in total. The Morgan fingerprint density at radius 3 is 2.89 bits per heavy atom. The number of nitrogens with zero attached hydrogens (tertiary/aromatic N) is 4. The third kappa shape index (κ3) is 2.96. The molecule has 0 aromatic carbocycles. The van der Waals surface area contributed by atoms with Crippen LogP contribution in [-0.4, -0.2) is 51.3 Å². The lowest BCUT2D eigenvalue weighted by molar-refractivity contribution is -0.146. The Morgan fingerprint density at radius 1 is 1.19 bits per heavy atom. The number of pyridine rings is 1. The molecule has 1 atom stereocenters. The molecule has 0 unspecified atom stereocenters. The van der Waals surface area contributed by atoms with Gasteiger partial charge in [0.05, 0.1) is 16.6 Å². The van der Waals surface area contributed by atoms with Crippen LogP contribution in [0.25, 0.3) is 5.52 Å². The predicted octanol–water partition coefficient (Wildman–Crippen LogP) is 3.26. The highest BCUT2D eigenvalue weighted by Crippen LogP contribution is 2.41. The van der Waals surface area contributed by atoms with Gasteiger partial charge in [-0.05, 0) is 63.6 Å². The molecule has 2 saturated heterocycles. The lowest BCUT2D eigenvalue weighted by atomic mass is 9.77. The zero-order valence-electron chi connectivity index (χ0n) is 16.4. The van der Waals surface area contributed by atoms with Crippen molar-refractivity contribution in [1.82, 2.24) is 19.2 Å². The first-order valence-corrected chi connectivity index (χ1v) is 10.6. The molecule has 0 bridgehead atoms. The Hall–Kier alpha value is -1.88. The van der Waals surface area contributed by atoms with E-state index in [0.717, 1.165) is 63.0 Å². The maximum Gasteiger partial charge on any atom is 0.230 e. The number of carbonyl (C=O) groups is 1. The molecule has 1 spiro atoms. The third-order valence-electron chi connectivity index (χ3n) is 7.13. The molecule has 5 heteroatoms. The lowest BCUT2D eigenvalue weighted by Gasteiger charge is -2.42. The van der Waals surface area contributed by atoms with Crippen molar-refractivity contribution in [1.29, 1.82) is 0 Å². The van der Waals surface area contributed by atoms with Crippen LogP contribution in [0.3, 0.4) is 0 Å². The van der Waals surface area contributed by atoms with Gasteiger partial charge in [-0.2, -0.15) is 0 Å². The maximum absolute atomic E-state index is 13.3. The highest BCUT2D eigenvalue weighted by atomic mass is 16.2. The fourth-order valence-electron chi connectivity index (χ4n) is 5.38. The number of piperidine rings is 1. The first-order valence-electron chi connectivity index (χ1n) is 10.6. The van der Waals surface area contributed by atoms with Crippen LogP contribution in [0.1, 0.15) is 50.0 Å². The van der Waals surface area contributed by atoms with Crippen molar-refractivity contribution in [2.75, 3.05) is 26.2 Å². The number of imidazole rings is 1. The number of fused-ring (bicyclic) bond motifs is 1. The van der Waals surface area contributed by atoms with E-state index in [0.29, 0.717) is 5.91 Å². The average Bonchev–Trinajstić information content (AvgIpc) is 3.18. The van der Waals surface area contributed by atoms with E-state index in [1.807, 2.05) is 6.07 Å². The Balaban J connectivity index is 1.30. The summed E-state index contributed by atoms with van der Waals surface area (Å²) in [6, 6.07) is 6.27. The first kappa shape index (κ1) is 17.2. The van der Waals surface area contributed by atoms with Crippen LogP contribution in [0.15, 0.2) is 24.4 Å². The molecule has 3 fully saturated rings. The molecule has 2 aliphatic heterocycles. The molecule has 5 rings (SSSR count). The third-order valence-corrected chi connectivity index (χ3v) is 7.13. The minimum atomic E-state index is -0.132. The Morgan fingerprint density at radius 2 is 2.07 bits per heavy atom. The summed E-state index contributed by atoms with van der Waals surface area (Å²) in [5.74, 6) is 2.24. The number of hydrogen-bond acceptors (Lipinski definition) is 3. The van der Waals surface area contributed by atoms with Crippen LogP contribution in [-0.2, 0) is 11.3 Å². The zero-order chi connectivity index (χ0) is 18.4. The molecular weight excluding hydrogens is 336 g/mol. The van der Waals surface area contributed by atoms with Gasteiger partial charge in [-0.25, -0.2) is 4.98 Å². The van der Waals surface area contributed by atoms with E-state index in [-0.39, 0.29) is 5.41 Å². The Labute approximate surface area is 161 Å². The van der Waals surface area contributed by atoms with Gasteiger partial charge in [-0.1, -0.05) is 12.5 Å². The van der Waals surface area contributed by atoms with Gasteiger partial charge >= 0.3 is 0 Å². The molecule has 0 radical (unpaired) electrons. The summed E-state index contributed by atoms with van der Waals surface area (Å²) in [6.45, 7) is 6.79. The van der Waals surface area contributed by atoms with Crippen LogP contribution >= 0.6 is 0 Å². The van der Waals surface area contributed by atoms with Gasteiger partial charge in [0, 0.05) is 32.4 Å². The van der Waals surface area contributed by atoms with Crippen LogP contribution in [0, 0.1) is 18.3 Å². The molecule has 1 amide bonds. The van der Waals surface area contributed by atoms with Crippen molar-refractivity contribution in [3.05, 3.63) is 35.9 Å². The first-order chi connectivity index (χ1) is 13.1. The number of amides is 1. The maximum atomic E-state index is 13.3. The van der Waals surface area contributed by atoms with Crippen LogP contribution in [0.4, 0.5) is 0 Å². The second kappa shape index (κ2) is 6.62. The van der Waals surface area contributed by atoms with Crippen molar-refractivity contribution in [3.8, 4) is 0 Å². The van der Waals surface area contributed by atoms with Gasteiger partial charge < -0.3 is 9.30 Å². The van der Waals surface area contributed by atoms with Crippen molar-refractivity contribution in [2.45, 2.75) is 52.0 Å². The van der Waals surface area contributed by atoms with Gasteiger partial charge in [0.25, 0.3) is 0 Å². The van der Waals surface area contributed by atoms with Crippen LogP contribution in [0.5, 0.6) is 0 Å². The standard InChI is InChI=1S/C22H30N4O/c1-17-23-19(20-8-2-3-12-26(17)20)15-24-13-10-22(16-24)9-5-11-25(21(22)27)14-18-6-4-7-18/h2-3,8,12,18H,4-7,9-11,13-16H2,1H3/t22-/m0/s1. The molecule has 1 saturated carbocycles. The zero-order valence-corrected chi connectivity index (χ0v) is 16.4. The number of hydrogen-bond donors (Lipinski definition) is 0. The second-order valence-electron chi connectivity index (χ2n) is 8.95. The minimum Gasteiger partial charge on any atom is -0.342 e. The summed E-state index contributed by atoms with van der Waals surface area (Å²) in [5, 5.41) is 0. The fraction of sp³-hybridized carbons (Fsp3) is 0.636. The lowest BCUT2D eigenvalue weighted by Crippen LogP contribution is -2.51. The SMILES string of the molecule is Cc1nc(CN2CC[C@@]3(CCCN(CC4CCC4)C3=O)C2)c2ccccn12. The summed E-state index contributed by atoms with van der Waals surface area (Å²) in [4.78, 5) is 22.8. The summed E-state index contributed by atoms with van der Waals surface area (Å²) in [5.41, 5.74) is 2.20. The number of aromatic nitrogens is 2. The number of aryl methyl sites for hydroxylation is 1. The monoisotopic (exact) mass is 366 g/mol. The van der Waals surface area contributed by atoms with Crippen LogP contribution in [0.2, 0.25) is 0 Å². The molecular formula is C22H30N4O. The van der Waals surface area contributed by atoms with E-state index in [1.165, 1.54) is 31.2 Å². The van der Waals surface area contributed by atoms with Crippen LogP contribution < -0.4 is 0 Å². The number of rotatable bonds is 4. The molecule has 2 aromatic heterocycles. The van der Waals surface area contributed by atoms with Crippen molar-refractivity contribution in [2.24, 2.45) is 11.3 Å². The molecule has 2 aromatic rings. The van der Waals surface area contributed by atoms with Gasteiger partial charge in [0.1, 0.15) is 5.82 Å². The topological polar surface area (TPSA) is 40.9 Å². The molecule has 27 heavy (non-hydrogen) atoms. The molecule has 3 aliphatic rings. The Kier molecular flexibility index (Phi) is 4.23. The van der Waals surface area contributed by atoms with E-state index in [1.54, 1.807) is 0 Å². The number of likely N-dealkylation sites (tertiary alicyclic amines) is 2. The largest absolute Gasteiger partial charge is 0.342 e. The van der Waals surface area contributed by atoms with Gasteiger partial charge in [-0.3, -0.25) is 9.69 Å². The van der Waals surface area contributed by atoms with E-state index < -0.39 is 0 Å². The summed E-state index contributed by atoms with van der Waals surface area (Å²) < 4.78 is 2.16. The molecule has 4 heterocycles. The summed E-state index contributed by atoms with van der Waals surface area (Å²) in [7, 11) is 0. The minimum absolute atomic E-state index is 0.132. The van der Waals surface area contributed by atoms with Gasteiger partial charge in [0.15, 0.2) is 0 Å². The highest BCUT2D eigenvalue weighted by molar-refractivity contribution is 5.84. The molecule has 144 valence electrons. The average molecular weight is 367 g/mol. The highest BCUT2D eigenvalue weighted by Gasteiger charge is 2.48. The summed E-state index contributed by atoms with van der Waals surface area (Å²) >= 11 is 0.